The molecule has 3 fully saturated rings. The standard InChI is InChI=1S/C49H69N6O11P.C40H62N5O9P/c1-4-5-6-7-8-9-10-11-12-13-14-15-16-17-18-22-31-59-33-41(60-32-38-23-20-19-21-24-38)34-61-67(58,66-40-27-25-39(26-28-40)55(56)57)62-35-43-45-46(65-48(2,3)64-45)49(36-50,63-43)44-30-29-42-47(51)52-37-53-54(42)44;1-2-3-4-5-6-7-8-9-10-11-12-13-14-15-16-20-25-50-27-33(51-26-32-21-18-17-19-22-32)28-52-55(48,49)53-29-35-37(46)38(47)40(30-41,54-35)36-24-23-34-39(42)43-31-44-45(34)36/h19-21,23-30,37,41,43,45-46H,4-18,22,31-35H2,1-3H3,(H2,51,52,53);17-19,21-24,31,33,35,37-38,46-47H,2-16,20,25-29H2,1H3,(H,48,49)(H2,42,43,44)/t41-,43+,45+,46+,49-,67?;33-,35+,37+,38+,40-/m00/s1. The molecule has 0 spiro atoms. The van der Waals surface area contributed by atoms with E-state index in [0.29, 0.717) is 29.9 Å². The highest BCUT2D eigenvalue weighted by atomic mass is 31.2. The molecule has 3 saturated heterocycles. The van der Waals surface area contributed by atoms with Gasteiger partial charge < -0.3 is 69.0 Å². The molecule has 3 aliphatic heterocycles. The predicted octanol–water partition coefficient (Wildman–Crippen LogP) is 18.1. The SMILES string of the molecule is CCCCCCCCCCCCCCCCCCOC[C@@H](COP(=O)(O)OC[C@H]1O[C@@](C#N)(c2ccc3c(N)ncnn23)[C@H](O)[C@@H]1O)OCc1ccccc1.CCCCCCCCCCCCCCCCCCOC[C@@H](COP(=O)(OC[C@H]1O[C@@](C#N)(c2ccc3c(N)ncnn23)[C@@H]2OC(C)(C)O[C@@H]21)Oc1ccc([N+](=O)[O-])cc1)OCc1ccccc1. The van der Waals surface area contributed by atoms with E-state index in [-0.39, 0.29) is 68.4 Å². The first kappa shape index (κ1) is 98.3. The average Bonchev–Trinajstić information content (AvgIpc) is 1.56. The summed E-state index contributed by atoms with van der Waals surface area (Å²) in [7, 11) is -9.30. The lowest BCUT2D eigenvalue weighted by atomic mass is 9.92. The van der Waals surface area contributed by atoms with Gasteiger partial charge in [-0.1, -0.05) is 267 Å². The number of anilines is 2. The number of aliphatic hydroxyl groups is 2. The molecule has 7 aromatic rings. The third-order valence-electron chi connectivity index (χ3n) is 22.2. The van der Waals surface area contributed by atoms with Crippen molar-refractivity contribution in [3.05, 3.63) is 154 Å². The van der Waals surface area contributed by atoms with Crippen LogP contribution in [0.5, 0.6) is 5.75 Å². The number of nitrogens with zero attached hydrogens (tertiary/aromatic N) is 9. The van der Waals surface area contributed by atoms with Crippen LogP contribution in [0.2, 0.25) is 0 Å². The van der Waals surface area contributed by atoms with Crippen molar-refractivity contribution in [1.29, 1.82) is 10.5 Å². The van der Waals surface area contributed by atoms with Gasteiger partial charge in [-0.3, -0.25) is 28.2 Å². The smallest absolute Gasteiger partial charge is 0.404 e. The number of rotatable bonds is 61. The van der Waals surface area contributed by atoms with Crippen molar-refractivity contribution >= 4 is 44.0 Å². The maximum atomic E-state index is 14.7. The first-order valence-electron chi connectivity index (χ1n) is 44.1. The van der Waals surface area contributed by atoms with Crippen molar-refractivity contribution in [1.82, 2.24) is 29.2 Å². The maximum absolute atomic E-state index is 14.7. The van der Waals surface area contributed by atoms with Crippen LogP contribution in [0.1, 0.15) is 256 Å². The zero-order valence-corrected chi connectivity index (χ0v) is 73.5. The van der Waals surface area contributed by atoms with E-state index in [1.54, 1.807) is 32.0 Å². The number of nitriles is 2. The lowest BCUT2D eigenvalue weighted by molar-refractivity contribution is -0.384. The van der Waals surface area contributed by atoms with Gasteiger partial charge >= 0.3 is 15.6 Å². The number of unbranched alkanes of at least 4 members (excludes halogenated alkanes) is 30. The largest absolute Gasteiger partial charge is 0.530 e. The van der Waals surface area contributed by atoms with Crippen molar-refractivity contribution < 1.29 is 89.7 Å². The number of aromatic nitrogens is 6. The number of hydrogen-bond acceptors (Lipinski definition) is 27. The summed E-state index contributed by atoms with van der Waals surface area (Å²) in [5.74, 6) is -0.806. The Kier molecular flexibility index (Phi) is 41.8. The molecule has 672 valence electrons. The molecule has 0 amide bonds. The van der Waals surface area contributed by atoms with Gasteiger partial charge in [-0.15, -0.1) is 0 Å². The van der Waals surface area contributed by atoms with Gasteiger partial charge in [-0.05, 0) is 74.2 Å². The maximum Gasteiger partial charge on any atom is 0.530 e. The molecular formula is C89H131N11O20P2. The molecule has 7 heterocycles. The molecule has 3 aromatic carbocycles. The van der Waals surface area contributed by atoms with Crippen molar-refractivity contribution in [2.24, 2.45) is 0 Å². The number of fused-ring (bicyclic) bond motifs is 3. The van der Waals surface area contributed by atoms with Gasteiger partial charge in [0.15, 0.2) is 17.4 Å². The van der Waals surface area contributed by atoms with Crippen molar-refractivity contribution in [2.45, 2.75) is 312 Å². The molecule has 4 aromatic heterocycles. The number of nitrogens with two attached hydrogens (primary N) is 2. The molecule has 2 unspecified atom stereocenters. The summed E-state index contributed by atoms with van der Waals surface area (Å²) in [5, 5.41) is 62.5. The molecule has 3 aliphatic rings. The Balaban J connectivity index is 0.000000283. The van der Waals surface area contributed by atoms with Crippen LogP contribution < -0.4 is 16.0 Å². The third-order valence-corrected chi connectivity index (χ3v) is 24.5. The summed E-state index contributed by atoms with van der Waals surface area (Å²) in [5.41, 5.74) is 11.1. The van der Waals surface area contributed by atoms with Gasteiger partial charge in [0.2, 0.25) is 11.2 Å². The number of nitro benzene ring substituents is 1. The highest BCUT2D eigenvalue weighted by Crippen LogP contribution is 2.54. The second-order valence-electron chi connectivity index (χ2n) is 32.3. The number of hydrogen-bond donors (Lipinski definition) is 5. The van der Waals surface area contributed by atoms with Gasteiger partial charge in [0.05, 0.1) is 69.2 Å². The molecule has 10 rings (SSSR count). The first-order valence-corrected chi connectivity index (χ1v) is 47.1. The number of nitro groups is 1. The molecule has 7 N–H and O–H groups in total. The number of benzene rings is 3. The van der Waals surface area contributed by atoms with Crippen molar-refractivity contribution in [3.63, 3.8) is 0 Å². The molecule has 31 nitrogen and oxygen atoms in total. The molecule has 122 heavy (non-hydrogen) atoms. The second kappa shape index (κ2) is 51.8. The van der Waals surface area contributed by atoms with E-state index >= 15 is 0 Å². The monoisotopic (exact) mass is 1740 g/mol. The van der Waals surface area contributed by atoms with Crippen LogP contribution in [0.4, 0.5) is 17.3 Å². The molecule has 0 bridgehead atoms. The minimum Gasteiger partial charge on any atom is -0.404 e. The van der Waals surface area contributed by atoms with Gasteiger partial charge in [0.1, 0.15) is 90.4 Å². The van der Waals surface area contributed by atoms with Gasteiger partial charge in [-0.25, -0.2) is 28.1 Å². The van der Waals surface area contributed by atoms with Crippen molar-refractivity contribution in [3.8, 4) is 17.9 Å². The lowest BCUT2D eigenvalue weighted by Crippen LogP contribution is -2.41. The Labute approximate surface area is 718 Å². The average molecular weight is 1740 g/mol. The molecule has 0 saturated carbocycles. The minimum atomic E-state index is -4.71. The fourth-order valence-electron chi connectivity index (χ4n) is 15.4. The Morgan fingerprint density at radius 3 is 1.36 bits per heavy atom. The van der Waals surface area contributed by atoms with Gasteiger partial charge in [-0.2, -0.15) is 20.7 Å². The topological polar surface area (TPSA) is 418 Å². The Hall–Kier alpha value is -7.46. The van der Waals surface area contributed by atoms with Crippen LogP contribution in [-0.4, -0.2) is 157 Å². The number of phosphoric acid groups is 2. The Morgan fingerprint density at radius 2 is 0.926 bits per heavy atom. The minimum absolute atomic E-state index is 0.00876. The number of aliphatic hydroxyl groups excluding tert-OH is 2. The second-order valence-corrected chi connectivity index (χ2v) is 35.4. The van der Waals surface area contributed by atoms with E-state index in [4.69, 9.17) is 72.0 Å². The van der Waals surface area contributed by atoms with Crippen LogP contribution in [0, 0.1) is 32.8 Å². The van der Waals surface area contributed by atoms with Crippen molar-refractivity contribution in [2.75, 3.05) is 64.3 Å². The fourth-order valence-corrected chi connectivity index (χ4v) is 17.4. The van der Waals surface area contributed by atoms with E-state index in [1.165, 1.54) is 225 Å². The predicted molar refractivity (Wildman–Crippen MR) is 461 cm³/mol. The normalized spacial score (nSPS) is 21.3. The molecule has 12 atom stereocenters. The molecular weight excluding hydrogens is 1600 g/mol. The van der Waals surface area contributed by atoms with Crippen LogP contribution in [0.3, 0.4) is 0 Å². The summed E-state index contributed by atoms with van der Waals surface area (Å²) in [6.07, 6.45) is 34.5. The van der Waals surface area contributed by atoms with E-state index < -0.39 is 99.6 Å². The van der Waals surface area contributed by atoms with E-state index in [2.05, 4.69) is 40.1 Å². The lowest BCUT2D eigenvalue weighted by Gasteiger charge is -2.29. The Morgan fingerprint density at radius 1 is 0.516 bits per heavy atom. The van der Waals surface area contributed by atoms with Gasteiger partial charge in [0, 0.05) is 25.3 Å². The molecule has 0 radical (unpaired) electrons. The van der Waals surface area contributed by atoms with Crippen LogP contribution in [0.15, 0.2) is 122 Å². The summed E-state index contributed by atoms with van der Waals surface area (Å²) in [6.45, 7) is 8.09. The van der Waals surface area contributed by atoms with E-state index in [1.807, 2.05) is 66.7 Å². The van der Waals surface area contributed by atoms with Gasteiger partial charge in [0.25, 0.3) is 5.69 Å². The van der Waals surface area contributed by atoms with E-state index in [9.17, 15) is 44.9 Å². The zero-order valence-electron chi connectivity index (χ0n) is 71.7. The summed E-state index contributed by atoms with van der Waals surface area (Å²) >= 11 is 0. The number of phosphoric ester groups is 2. The first-order chi connectivity index (χ1) is 59.2. The fraction of sp³-hybridized carbons (Fsp3) is 0.640. The quantitative estimate of drug-likeness (QED) is 0.0102. The highest BCUT2D eigenvalue weighted by molar-refractivity contribution is 7.49. The summed E-state index contributed by atoms with van der Waals surface area (Å²) in [4.78, 5) is 29.4. The van der Waals surface area contributed by atoms with Crippen LogP contribution in [-0.2, 0) is 89.5 Å². The zero-order chi connectivity index (χ0) is 86.9. The highest BCUT2D eigenvalue weighted by Gasteiger charge is 2.66. The molecule has 0 aliphatic carbocycles. The number of nitrogen functional groups attached to an aromatic ring is 2. The number of ether oxygens (including phenoxy) is 8. The van der Waals surface area contributed by atoms with Crippen LogP contribution in [0.25, 0.3) is 11.0 Å². The van der Waals surface area contributed by atoms with E-state index in [0.717, 1.165) is 43.2 Å². The number of non-ortho nitro benzene ring substituents is 1. The Bertz CT molecular complexity index is 4350. The molecule has 33 heteroatoms. The summed E-state index contributed by atoms with van der Waals surface area (Å²) < 4.78 is 108. The summed E-state index contributed by atoms with van der Waals surface area (Å²) in [6, 6.07) is 34.7. The van der Waals surface area contributed by atoms with Crippen LogP contribution >= 0.6 is 15.6 Å². The third kappa shape index (κ3) is 30.7.